The third-order valence-corrected chi connectivity index (χ3v) is 4.27. The number of nitrogens with one attached hydrogen (secondary N) is 1. The van der Waals surface area contributed by atoms with Crippen LogP contribution in [0.4, 0.5) is 17.1 Å². The van der Waals surface area contributed by atoms with Gasteiger partial charge in [0, 0.05) is 31.0 Å². The minimum Gasteiger partial charge on any atom is -0.396 e. The molecule has 0 saturated heterocycles. The van der Waals surface area contributed by atoms with E-state index >= 15 is 0 Å². The Kier molecular flexibility index (Phi) is 5.81. The first-order chi connectivity index (χ1) is 10.5. The van der Waals surface area contributed by atoms with Gasteiger partial charge in [0.05, 0.1) is 15.7 Å². The molecule has 0 fully saturated rings. The second-order valence-corrected chi connectivity index (χ2v) is 5.86. The summed E-state index contributed by atoms with van der Waals surface area (Å²) in [5, 5.41) is 4.24. The molecule has 0 spiro atoms. The van der Waals surface area contributed by atoms with E-state index in [2.05, 4.69) is 48.3 Å². The van der Waals surface area contributed by atoms with E-state index in [1.54, 1.807) is 12.1 Å². The summed E-state index contributed by atoms with van der Waals surface area (Å²) < 4.78 is 0. The topological polar surface area (TPSA) is 41.3 Å². The Bertz CT molecular complexity index is 599. The highest BCUT2D eigenvalue weighted by atomic mass is 35.5. The van der Waals surface area contributed by atoms with Gasteiger partial charge in [-0.15, -0.1) is 0 Å². The molecular formula is C17H21Cl2N3. The average molecular weight is 338 g/mol. The van der Waals surface area contributed by atoms with E-state index in [9.17, 15) is 0 Å². The maximum Gasteiger partial charge on any atom is 0.0694 e. The molecule has 0 atom stereocenters. The lowest BCUT2D eigenvalue weighted by molar-refractivity contribution is 0.865. The SMILES string of the molecule is CCN(CC)c1ccc(CNc2cc(Cl)c(N)c(Cl)c2)cc1. The van der Waals surface area contributed by atoms with Crippen LogP contribution in [-0.2, 0) is 6.54 Å². The van der Waals surface area contributed by atoms with Gasteiger partial charge in [-0.1, -0.05) is 35.3 Å². The van der Waals surface area contributed by atoms with Crippen LogP contribution in [0.1, 0.15) is 19.4 Å². The maximum absolute atomic E-state index is 6.03. The summed E-state index contributed by atoms with van der Waals surface area (Å²) in [6.07, 6.45) is 0. The van der Waals surface area contributed by atoms with E-state index in [-0.39, 0.29) is 0 Å². The van der Waals surface area contributed by atoms with Crippen LogP contribution in [0.15, 0.2) is 36.4 Å². The van der Waals surface area contributed by atoms with Crippen molar-refractivity contribution in [3.05, 3.63) is 52.0 Å². The zero-order valence-corrected chi connectivity index (χ0v) is 14.4. The van der Waals surface area contributed by atoms with Crippen molar-refractivity contribution in [1.82, 2.24) is 0 Å². The van der Waals surface area contributed by atoms with E-state index in [1.807, 2.05) is 0 Å². The second-order valence-electron chi connectivity index (χ2n) is 5.05. The van der Waals surface area contributed by atoms with Crippen LogP contribution >= 0.6 is 23.2 Å². The van der Waals surface area contributed by atoms with Gasteiger partial charge in [-0.25, -0.2) is 0 Å². The molecule has 3 N–H and O–H groups in total. The zero-order chi connectivity index (χ0) is 16.1. The fourth-order valence-corrected chi connectivity index (χ4v) is 2.79. The number of anilines is 3. The van der Waals surface area contributed by atoms with Crippen LogP contribution < -0.4 is 16.0 Å². The Labute approximate surface area is 142 Å². The van der Waals surface area contributed by atoms with E-state index in [4.69, 9.17) is 28.9 Å². The molecule has 0 saturated carbocycles. The van der Waals surface area contributed by atoms with Crippen molar-refractivity contribution in [1.29, 1.82) is 0 Å². The molecule has 0 aromatic heterocycles. The van der Waals surface area contributed by atoms with Crippen molar-refractivity contribution in [2.24, 2.45) is 0 Å². The molecule has 0 amide bonds. The average Bonchev–Trinajstić information content (AvgIpc) is 2.53. The number of nitrogens with two attached hydrogens (primary N) is 1. The number of nitrogen functional groups attached to an aromatic ring is 1. The quantitative estimate of drug-likeness (QED) is 0.726. The van der Waals surface area contributed by atoms with Gasteiger partial charge in [0.25, 0.3) is 0 Å². The molecular weight excluding hydrogens is 317 g/mol. The molecule has 2 aromatic rings. The summed E-state index contributed by atoms with van der Waals surface area (Å²) in [7, 11) is 0. The lowest BCUT2D eigenvalue weighted by Gasteiger charge is -2.21. The minimum absolute atomic E-state index is 0.414. The number of rotatable bonds is 6. The van der Waals surface area contributed by atoms with Gasteiger partial charge in [-0.05, 0) is 43.7 Å². The van der Waals surface area contributed by atoms with Crippen LogP contribution in [0.3, 0.4) is 0 Å². The normalized spacial score (nSPS) is 10.5. The van der Waals surface area contributed by atoms with Crippen molar-refractivity contribution in [2.75, 3.05) is 29.0 Å². The van der Waals surface area contributed by atoms with Crippen LogP contribution in [0.2, 0.25) is 10.0 Å². The van der Waals surface area contributed by atoms with Gasteiger partial charge in [-0.3, -0.25) is 0 Å². The van der Waals surface area contributed by atoms with Crippen LogP contribution in [-0.4, -0.2) is 13.1 Å². The minimum atomic E-state index is 0.414. The number of benzene rings is 2. The highest BCUT2D eigenvalue weighted by molar-refractivity contribution is 6.39. The number of hydrogen-bond acceptors (Lipinski definition) is 3. The van der Waals surface area contributed by atoms with Crippen LogP contribution in [0.5, 0.6) is 0 Å². The Balaban J connectivity index is 2.03. The number of halogens is 2. The van der Waals surface area contributed by atoms with Crippen molar-refractivity contribution in [2.45, 2.75) is 20.4 Å². The zero-order valence-electron chi connectivity index (χ0n) is 12.9. The predicted octanol–water partition coefficient (Wildman–Crippen LogP) is 5.03. The highest BCUT2D eigenvalue weighted by Gasteiger charge is 2.05. The van der Waals surface area contributed by atoms with Gasteiger partial charge in [-0.2, -0.15) is 0 Å². The summed E-state index contributed by atoms with van der Waals surface area (Å²) in [6, 6.07) is 12.1. The summed E-state index contributed by atoms with van der Waals surface area (Å²) in [4.78, 5) is 2.32. The van der Waals surface area contributed by atoms with Gasteiger partial charge in [0.2, 0.25) is 0 Å². The Hall–Kier alpha value is -1.58. The molecule has 0 radical (unpaired) electrons. The number of nitrogens with zero attached hydrogens (tertiary/aromatic N) is 1. The summed E-state index contributed by atoms with van der Waals surface area (Å²) >= 11 is 12.1. The van der Waals surface area contributed by atoms with E-state index in [0.29, 0.717) is 22.3 Å². The number of hydrogen-bond donors (Lipinski definition) is 2. The largest absolute Gasteiger partial charge is 0.396 e. The first-order valence-electron chi connectivity index (χ1n) is 7.37. The molecule has 3 nitrogen and oxygen atoms in total. The monoisotopic (exact) mass is 337 g/mol. The molecule has 0 aliphatic rings. The van der Waals surface area contributed by atoms with Crippen molar-refractivity contribution < 1.29 is 0 Å². The molecule has 22 heavy (non-hydrogen) atoms. The molecule has 0 aliphatic carbocycles. The molecule has 0 bridgehead atoms. The Morgan fingerprint density at radius 3 is 2.05 bits per heavy atom. The molecule has 0 aliphatic heterocycles. The molecule has 118 valence electrons. The van der Waals surface area contributed by atoms with E-state index in [0.717, 1.165) is 18.8 Å². The Morgan fingerprint density at radius 1 is 1.00 bits per heavy atom. The maximum atomic E-state index is 6.03. The fraction of sp³-hybridized carbons (Fsp3) is 0.294. The Morgan fingerprint density at radius 2 is 1.55 bits per heavy atom. The van der Waals surface area contributed by atoms with E-state index in [1.165, 1.54) is 11.3 Å². The summed E-state index contributed by atoms with van der Waals surface area (Å²) in [5.74, 6) is 0. The van der Waals surface area contributed by atoms with Crippen LogP contribution in [0, 0.1) is 0 Å². The van der Waals surface area contributed by atoms with Crippen LogP contribution in [0.25, 0.3) is 0 Å². The first-order valence-corrected chi connectivity index (χ1v) is 8.13. The van der Waals surface area contributed by atoms with Crippen molar-refractivity contribution >= 4 is 40.3 Å². The predicted molar refractivity (Wildman–Crippen MR) is 98.2 cm³/mol. The van der Waals surface area contributed by atoms with Gasteiger partial charge in [0.15, 0.2) is 0 Å². The van der Waals surface area contributed by atoms with Gasteiger partial charge in [0.1, 0.15) is 0 Å². The molecule has 2 aromatic carbocycles. The first kappa shape index (κ1) is 16.8. The molecule has 0 heterocycles. The lowest BCUT2D eigenvalue weighted by atomic mass is 10.2. The summed E-state index contributed by atoms with van der Waals surface area (Å²) in [5.41, 5.74) is 9.44. The molecule has 2 rings (SSSR count). The standard InChI is InChI=1S/C17H21Cl2N3/c1-3-22(4-2)14-7-5-12(6-8-14)11-21-13-9-15(18)17(20)16(19)10-13/h5-10,21H,3-4,11,20H2,1-2H3. The summed E-state index contributed by atoms with van der Waals surface area (Å²) in [6.45, 7) is 7.04. The molecule has 5 heteroatoms. The van der Waals surface area contributed by atoms with E-state index < -0.39 is 0 Å². The van der Waals surface area contributed by atoms with Crippen molar-refractivity contribution in [3.8, 4) is 0 Å². The fourth-order valence-electron chi connectivity index (χ4n) is 2.30. The van der Waals surface area contributed by atoms with Gasteiger partial charge < -0.3 is 16.0 Å². The lowest BCUT2D eigenvalue weighted by Crippen LogP contribution is -2.21. The van der Waals surface area contributed by atoms with Crippen molar-refractivity contribution in [3.63, 3.8) is 0 Å². The third-order valence-electron chi connectivity index (χ3n) is 3.64. The second kappa shape index (κ2) is 7.61. The molecule has 0 unspecified atom stereocenters. The highest BCUT2D eigenvalue weighted by Crippen LogP contribution is 2.31. The smallest absolute Gasteiger partial charge is 0.0694 e. The van der Waals surface area contributed by atoms with Gasteiger partial charge >= 0.3 is 0 Å². The third kappa shape index (κ3) is 3.99.